The van der Waals surface area contributed by atoms with Crippen molar-refractivity contribution in [1.82, 2.24) is 4.90 Å². The maximum Gasteiger partial charge on any atom is 0.326 e. The van der Waals surface area contributed by atoms with Gasteiger partial charge in [0.2, 0.25) is 5.91 Å². The molecule has 1 aliphatic heterocycles. The van der Waals surface area contributed by atoms with Gasteiger partial charge in [0.1, 0.15) is 6.04 Å². The van der Waals surface area contributed by atoms with E-state index >= 15 is 0 Å². The van der Waals surface area contributed by atoms with E-state index in [0.29, 0.717) is 12.3 Å². The van der Waals surface area contributed by atoms with Crippen LogP contribution in [0.3, 0.4) is 0 Å². The number of carbonyl (C=O) groups excluding carboxylic acids is 1. The molecular weight excluding hydrogens is 230 g/mol. The number of carboxylic acids is 1. The van der Waals surface area contributed by atoms with Crippen LogP contribution in [-0.2, 0) is 9.59 Å². The van der Waals surface area contributed by atoms with Crippen LogP contribution in [0, 0.1) is 5.92 Å². The molecule has 1 saturated carbocycles. The van der Waals surface area contributed by atoms with E-state index < -0.39 is 12.0 Å². The predicted octanol–water partition coefficient (Wildman–Crippen LogP) is 2.20. The Morgan fingerprint density at radius 2 is 1.89 bits per heavy atom. The summed E-state index contributed by atoms with van der Waals surface area (Å²) in [5, 5.41) is 9.30. The van der Waals surface area contributed by atoms with Crippen molar-refractivity contribution in [1.29, 1.82) is 0 Å². The van der Waals surface area contributed by atoms with Crippen LogP contribution in [0.15, 0.2) is 11.6 Å². The minimum atomic E-state index is -0.861. The molecule has 1 N–H and O–H groups in total. The van der Waals surface area contributed by atoms with Gasteiger partial charge in [-0.15, -0.1) is 0 Å². The molecule has 1 saturated heterocycles. The van der Waals surface area contributed by atoms with Crippen LogP contribution in [0.4, 0.5) is 0 Å². The van der Waals surface area contributed by atoms with Crippen molar-refractivity contribution in [3.8, 4) is 0 Å². The molecule has 0 bridgehead atoms. The number of carboxylic acid groups (broad SMARTS) is 1. The highest BCUT2D eigenvalue weighted by Crippen LogP contribution is 2.39. The standard InChI is InChI=1S/C14H21NO3/c1-9(2)7-13(16)15-11-6-4-3-5-10(11)8-12(15)14(17)18/h7,10-12H,3-6,8H2,1-2H3,(H,17,18)/t10-,11+,12-/m0/s1. The summed E-state index contributed by atoms with van der Waals surface area (Å²) in [6.07, 6.45) is 6.48. The van der Waals surface area contributed by atoms with E-state index in [1.54, 1.807) is 11.0 Å². The number of rotatable bonds is 2. The van der Waals surface area contributed by atoms with Gasteiger partial charge in [0, 0.05) is 12.1 Å². The summed E-state index contributed by atoms with van der Waals surface area (Å²) in [5.74, 6) is -0.605. The molecule has 2 aliphatic rings. The van der Waals surface area contributed by atoms with Gasteiger partial charge in [-0.1, -0.05) is 18.4 Å². The fourth-order valence-corrected chi connectivity index (χ4v) is 3.32. The van der Waals surface area contributed by atoms with E-state index in [2.05, 4.69) is 0 Å². The lowest BCUT2D eigenvalue weighted by Crippen LogP contribution is -2.45. The van der Waals surface area contributed by atoms with E-state index in [9.17, 15) is 14.7 Å². The van der Waals surface area contributed by atoms with E-state index in [4.69, 9.17) is 0 Å². The van der Waals surface area contributed by atoms with E-state index in [1.165, 1.54) is 0 Å². The first-order valence-electron chi connectivity index (χ1n) is 6.70. The second kappa shape index (κ2) is 5.12. The Hall–Kier alpha value is -1.32. The Morgan fingerprint density at radius 1 is 1.22 bits per heavy atom. The number of hydrogen-bond acceptors (Lipinski definition) is 2. The van der Waals surface area contributed by atoms with Crippen LogP contribution < -0.4 is 0 Å². The molecule has 0 aromatic heterocycles. The molecule has 1 amide bonds. The van der Waals surface area contributed by atoms with Crippen molar-refractivity contribution >= 4 is 11.9 Å². The van der Waals surface area contributed by atoms with Gasteiger partial charge < -0.3 is 10.0 Å². The van der Waals surface area contributed by atoms with Crippen LogP contribution in [0.25, 0.3) is 0 Å². The quantitative estimate of drug-likeness (QED) is 0.765. The van der Waals surface area contributed by atoms with E-state index in [1.807, 2.05) is 13.8 Å². The minimum absolute atomic E-state index is 0.128. The molecule has 3 atom stereocenters. The van der Waals surface area contributed by atoms with Gasteiger partial charge >= 0.3 is 5.97 Å². The predicted molar refractivity (Wildman–Crippen MR) is 68.1 cm³/mol. The Labute approximate surface area is 108 Å². The van der Waals surface area contributed by atoms with Gasteiger partial charge in [0.25, 0.3) is 0 Å². The monoisotopic (exact) mass is 251 g/mol. The number of hydrogen-bond donors (Lipinski definition) is 1. The van der Waals surface area contributed by atoms with Crippen LogP contribution in [0.2, 0.25) is 0 Å². The number of nitrogens with zero attached hydrogens (tertiary/aromatic N) is 1. The normalized spacial score (nSPS) is 30.8. The Kier molecular flexibility index (Phi) is 3.73. The highest BCUT2D eigenvalue weighted by Gasteiger charge is 2.46. The largest absolute Gasteiger partial charge is 0.480 e. The molecule has 0 spiro atoms. The van der Waals surface area contributed by atoms with Crippen LogP contribution in [0.5, 0.6) is 0 Å². The summed E-state index contributed by atoms with van der Waals surface area (Å²) in [5.41, 5.74) is 0.920. The van der Waals surface area contributed by atoms with Gasteiger partial charge in [-0.25, -0.2) is 4.79 Å². The highest BCUT2D eigenvalue weighted by atomic mass is 16.4. The molecule has 0 aromatic carbocycles. The van der Waals surface area contributed by atoms with Gasteiger partial charge in [-0.2, -0.15) is 0 Å². The van der Waals surface area contributed by atoms with E-state index in [0.717, 1.165) is 31.3 Å². The zero-order valence-electron chi connectivity index (χ0n) is 11.1. The Morgan fingerprint density at radius 3 is 2.50 bits per heavy atom. The smallest absolute Gasteiger partial charge is 0.326 e. The number of likely N-dealkylation sites (tertiary alicyclic amines) is 1. The fraction of sp³-hybridized carbons (Fsp3) is 0.714. The molecule has 0 unspecified atom stereocenters. The third-order valence-corrected chi connectivity index (χ3v) is 4.04. The number of amides is 1. The van der Waals surface area contributed by atoms with Gasteiger partial charge in [-0.3, -0.25) is 4.79 Å². The second-order valence-corrected chi connectivity index (χ2v) is 5.67. The topological polar surface area (TPSA) is 57.6 Å². The summed E-state index contributed by atoms with van der Waals surface area (Å²) in [6.45, 7) is 3.73. The van der Waals surface area contributed by atoms with Crippen LogP contribution in [-0.4, -0.2) is 34.0 Å². The van der Waals surface area contributed by atoms with Crippen molar-refractivity contribution in [3.63, 3.8) is 0 Å². The third-order valence-electron chi connectivity index (χ3n) is 4.04. The molecule has 4 heteroatoms. The highest BCUT2D eigenvalue weighted by molar-refractivity contribution is 5.92. The molecule has 2 rings (SSSR count). The average molecular weight is 251 g/mol. The van der Waals surface area contributed by atoms with Crippen molar-refractivity contribution in [2.75, 3.05) is 0 Å². The van der Waals surface area contributed by atoms with Gasteiger partial charge in [0.15, 0.2) is 0 Å². The van der Waals surface area contributed by atoms with Crippen molar-refractivity contribution in [2.24, 2.45) is 5.92 Å². The Bertz CT molecular complexity index is 385. The Balaban J connectivity index is 2.24. The lowest BCUT2D eigenvalue weighted by molar-refractivity contribution is -0.148. The maximum atomic E-state index is 12.2. The van der Waals surface area contributed by atoms with Crippen LogP contribution in [0.1, 0.15) is 46.0 Å². The lowest BCUT2D eigenvalue weighted by Gasteiger charge is -2.32. The third kappa shape index (κ3) is 2.42. The molecule has 2 fully saturated rings. The molecular formula is C14H21NO3. The van der Waals surface area contributed by atoms with Crippen molar-refractivity contribution in [3.05, 3.63) is 11.6 Å². The summed E-state index contributed by atoms with van der Waals surface area (Å²) >= 11 is 0. The number of carbonyl (C=O) groups is 2. The number of aliphatic carboxylic acids is 1. The minimum Gasteiger partial charge on any atom is -0.480 e. The van der Waals surface area contributed by atoms with Crippen LogP contribution >= 0.6 is 0 Å². The zero-order valence-corrected chi connectivity index (χ0v) is 11.1. The second-order valence-electron chi connectivity index (χ2n) is 5.67. The number of fused-ring (bicyclic) bond motifs is 1. The van der Waals surface area contributed by atoms with Crippen molar-refractivity contribution < 1.29 is 14.7 Å². The average Bonchev–Trinajstić information content (AvgIpc) is 2.67. The zero-order chi connectivity index (χ0) is 13.3. The van der Waals surface area contributed by atoms with E-state index in [-0.39, 0.29) is 11.9 Å². The molecule has 100 valence electrons. The van der Waals surface area contributed by atoms with Gasteiger partial charge in [-0.05, 0) is 39.0 Å². The molecule has 1 heterocycles. The SMILES string of the molecule is CC(C)=CC(=O)N1[C@@H]2CCCC[C@H]2C[C@H]1C(=O)O. The van der Waals surface area contributed by atoms with Gasteiger partial charge in [0.05, 0.1) is 0 Å². The summed E-state index contributed by atoms with van der Waals surface area (Å²) in [6, 6.07) is -0.482. The summed E-state index contributed by atoms with van der Waals surface area (Å²) in [4.78, 5) is 25.2. The maximum absolute atomic E-state index is 12.2. The molecule has 0 aromatic rings. The molecule has 1 aliphatic carbocycles. The first-order chi connectivity index (χ1) is 8.50. The number of allylic oxidation sites excluding steroid dienone is 1. The molecule has 0 radical (unpaired) electrons. The molecule has 18 heavy (non-hydrogen) atoms. The van der Waals surface area contributed by atoms with Crippen molar-refractivity contribution in [2.45, 2.75) is 58.0 Å². The first-order valence-corrected chi connectivity index (χ1v) is 6.70. The lowest BCUT2D eigenvalue weighted by atomic mass is 9.85. The molecule has 4 nitrogen and oxygen atoms in total. The summed E-state index contributed by atoms with van der Waals surface area (Å²) in [7, 11) is 0. The fourth-order valence-electron chi connectivity index (χ4n) is 3.32. The summed E-state index contributed by atoms with van der Waals surface area (Å²) < 4.78 is 0. The first kappa shape index (κ1) is 13.1.